The van der Waals surface area contributed by atoms with Gasteiger partial charge in [-0.25, -0.2) is 0 Å². The van der Waals surface area contributed by atoms with Crippen molar-refractivity contribution in [3.05, 3.63) is 11.3 Å². The fraction of sp³-hybridized carbons (Fsp3) is 0.833. The standard InChI is InChI=1S/C12H27NO3Si/c1-6-14-17(15-7-2,16-8-3)10-9-12(13)11(4)5/h6-10,13H2,1-5H3. The lowest BCUT2D eigenvalue weighted by molar-refractivity contribution is 0.0714. The first kappa shape index (κ1) is 16.6. The molecule has 0 aromatic heterocycles. The first-order valence-corrected chi connectivity index (χ1v) is 8.28. The third-order valence-electron chi connectivity index (χ3n) is 2.44. The molecule has 0 saturated heterocycles. The van der Waals surface area contributed by atoms with E-state index in [1.54, 1.807) is 0 Å². The molecule has 0 unspecified atom stereocenters. The highest BCUT2D eigenvalue weighted by molar-refractivity contribution is 6.60. The maximum atomic E-state index is 5.95. The quantitative estimate of drug-likeness (QED) is 0.648. The first-order chi connectivity index (χ1) is 8.01. The SMILES string of the molecule is CCO[Si](CCC(N)=C(C)C)(OCC)OCC. The zero-order chi connectivity index (χ0) is 13.3. The molecule has 0 aliphatic rings. The van der Waals surface area contributed by atoms with Gasteiger partial charge in [-0.1, -0.05) is 5.57 Å². The first-order valence-electron chi connectivity index (χ1n) is 6.35. The minimum Gasteiger partial charge on any atom is -0.402 e. The van der Waals surface area contributed by atoms with Crippen LogP contribution >= 0.6 is 0 Å². The van der Waals surface area contributed by atoms with Crippen LogP contribution in [0.5, 0.6) is 0 Å². The van der Waals surface area contributed by atoms with Crippen molar-refractivity contribution >= 4 is 8.80 Å². The van der Waals surface area contributed by atoms with Crippen LogP contribution in [0, 0.1) is 0 Å². The topological polar surface area (TPSA) is 53.7 Å². The highest BCUT2D eigenvalue weighted by atomic mass is 28.4. The summed E-state index contributed by atoms with van der Waals surface area (Å²) < 4.78 is 17.3. The van der Waals surface area contributed by atoms with Crippen LogP contribution in [0.1, 0.15) is 41.0 Å². The molecular formula is C12H27NO3Si. The van der Waals surface area contributed by atoms with E-state index in [1.807, 2.05) is 34.6 Å². The summed E-state index contributed by atoms with van der Waals surface area (Å²) in [7, 11) is -2.52. The lowest BCUT2D eigenvalue weighted by atomic mass is 10.2. The summed E-state index contributed by atoms with van der Waals surface area (Å²) in [6.07, 6.45) is 0.772. The van der Waals surface area contributed by atoms with Crippen LogP contribution in [-0.4, -0.2) is 28.6 Å². The Kier molecular flexibility index (Phi) is 8.50. The average molecular weight is 261 g/mol. The van der Waals surface area contributed by atoms with Gasteiger partial charge in [-0.05, 0) is 41.0 Å². The van der Waals surface area contributed by atoms with Gasteiger partial charge in [0.15, 0.2) is 0 Å². The van der Waals surface area contributed by atoms with Gasteiger partial charge < -0.3 is 19.0 Å². The van der Waals surface area contributed by atoms with Gasteiger partial charge in [0.2, 0.25) is 0 Å². The van der Waals surface area contributed by atoms with E-state index in [9.17, 15) is 0 Å². The lowest BCUT2D eigenvalue weighted by Crippen LogP contribution is -2.46. The number of allylic oxidation sites excluding steroid dienone is 2. The molecule has 17 heavy (non-hydrogen) atoms. The summed E-state index contributed by atoms with van der Waals surface area (Å²) in [5, 5.41) is 0. The number of hydrogen-bond donors (Lipinski definition) is 1. The number of nitrogens with two attached hydrogens (primary N) is 1. The normalized spacial score (nSPS) is 11.6. The monoisotopic (exact) mass is 261 g/mol. The molecular weight excluding hydrogens is 234 g/mol. The van der Waals surface area contributed by atoms with Crippen LogP contribution in [0.15, 0.2) is 11.3 Å². The summed E-state index contributed by atoms with van der Waals surface area (Å²) >= 11 is 0. The van der Waals surface area contributed by atoms with Crippen LogP contribution in [-0.2, 0) is 13.3 Å². The Hall–Kier alpha value is -0.363. The van der Waals surface area contributed by atoms with Gasteiger partial charge in [0.05, 0.1) is 0 Å². The Morgan fingerprint density at radius 2 is 1.35 bits per heavy atom. The minimum atomic E-state index is -2.52. The maximum absolute atomic E-state index is 5.95. The fourth-order valence-corrected chi connectivity index (χ4v) is 4.12. The summed E-state index contributed by atoms with van der Waals surface area (Å²) in [5.74, 6) is 0. The lowest BCUT2D eigenvalue weighted by Gasteiger charge is -2.28. The van der Waals surface area contributed by atoms with Gasteiger partial charge in [0, 0.05) is 31.6 Å². The Morgan fingerprint density at radius 3 is 1.65 bits per heavy atom. The third-order valence-corrected chi connectivity index (χ3v) is 5.48. The predicted octanol–water partition coefficient (Wildman–Crippen LogP) is 2.68. The van der Waals surface area contributed by atoms with Crippen LogP contribution in [0.25, 0.3) is 0 Å². The van der Waals surface area contributed by atoms with Crippen molar-refractivity contribution < 1.29 is 13.3 Å². The molecule has 0 radical (unpaired) electrons. The van der Waals surface area contributed by atoms with E-state index in [0.717, 1.165) is 23.7 Å². The highest BCUT2D eigenvalue weighted by Crippen LogP contribution is 2.20. The number of hydrogen-bond acceptors (Lipinski definition) is 4. The zero-order valence-corrected chi connectivity index (χ0v) is 12.8. The highest BCUT2D eigenvalue weighted by Gasteiger charge is 2.39. The molecule has 0 amide bonds. The molecule has 5 heteroatoms. The van der Waals surface area contributed by atoms with Crippen molar-refractivity contribution in [1.82, 2.24) is 0 Å². The molecule has 0 aromatic rings. The Morgan fingerprint density at radius 1 is 0.941 bits per heavy atom. The van der Waals surface area contributed by atoms with E-state index in [4.69, 9.17) is 19.0 Å². The second-order valence-corrected chi connectivity index (χ2v) is 6.74. The molecule has 0 bridgehead atoms. The van der Waals surface area contributed by atoms with E-state index in [0.29, 0.717) is 19.8 Å². The van der Waals surface area contributed by atoms with Gasteiger partial charge in [-0.2, -0.15) is 0 Å². The Labute approximate surface area is 106 Å². The molecule has 0 saturated carbocycles. The molecule has 0 rings (SSSR count). The maximum Gasteiger partial charge on any atom is 0.501 e. The van der Waals surface area contributed by atoms with Crippen molar-refractivity contribution in [3.63, 3.8) is 0 Å². The Balaban J connectivity index is 4.59. The summed E-state index contributed by atoms with van der Waals surface area (Å²) in [5.41, 5.74) is 8.00. The van der Waals surface area contributed by atoms with Crippen molar-refractivity contribution in [3.8, 4) is 0 Å². The molecule has 0 aliphatic carbocycles. The van der Waals surface area contributed by atoms with Crippen LogP contribution in [0.3, 0.4) is 0 Å². The molecule has 0 heterocycles. The second-order valence-electron chi connectivity index (χ2n) is 4.01. The Bertz CT molecular complexity index is 223. The predicted molar refractivity (Wildman–Crippen MR) is 72.6 cm³/mol. The van der Waals surface area contributed by atoms with Gasteiger partial charge >= 0.3 is 8.80 Å². The average Bonchev–Trinajstić information content (AvgIpc) is 2.27. The molecule has 0 atom stereocenters. The van der Waals surface area contributed by atoms with Gasteiger partial charge in [-0.15, -0.1) is 0 Å². The van der Waals surface area contributed by atoms with Crippen LogP contribution in [0.2, 0.25) is 6.04 Å². The minimum absolute atomic E-state index is 0.612. The molecule has 0 spiro atoms. The second kappa shape index (κ2) is 8.69. The van der Waals surface area contributed by atoms with Crippen LogP contribution < -0.4 is 5.73 Å². The number of rotatable bonds is 9. The van der Waals surface area contributed by atoms with Crippen molar-refractivity contribution in [1.29, 1.82) is 0 Å². The van der Waals surface area contributed by atoms with Crippen molar-refractivity contribution in [2.24, 2.45) is 5.73 Å². The van der Waals surface area contributed by atoms with E-state index >= 15 is 0 Å². The third kappa shape index (κ3) is 6.21. The molecule has 4 nitrogen and oxygen atoms in total. The summed E-state index contributed by atoms with van der Waals surface area (Å²) in [6.45, 7) is 11.8. The summed E-state index contributed by atoms with van der Waals surface area (Å²) in [4.78, 5) is 0. The van der Waals surface area contributed by atoms with E-state index in [2.05, 4.69) is 0 Å². The summed E-state index contributed by atoms with van der Waals surface area (Å²) in [6, 6.07) is 0.750. The van der Waals surface area contributed by atoms with Crippen molar-refractivity contribution in [2.45, 2.75) is 47.1 Å². The van der Waals surface area contributed by atoms with E-state index < -0.39 is 8.80 Å². The van der Waals surface area contributed by atoms with Gasteiger partial charge in [0.25, 0.3) is 0 Å². The van der Waals surface area contributed by atoms with Crippen LogP contribution in [0.4, 0.5) is 0 Å². The van der Waals surface area contributed by atoms with Gasteiger partial charge in [0.1, 0.15) is 0 Å². The van der Waals surface area contributed by atoms with Gasteiger partial charge in [-0.3, -0.25) is 0 Å². The van der Waals surface area contributed by atoms with Crippen molar-refractivity contribution in [2.75, 3.05) is 19.8 Å². The largest absolute Gasteiger partial charge is 0.501 e. The van der Waals surface area contributed by atoms with E-state index in [-0.39, 0.29) is 0 Å². The van der Waals surface area contributed by atoms with E-state index in [1.165, 1.54) is 0 Å². The molecule has 0 aromatic carbocycles. The molecule has 2 N–H and O–H groups in total. The molecule has 102 valence electrons. The molecule has 0 aliphatic heterocycles. The molecule has 0 fully saturated rings. The zero-order valence-electron chi connectivity index (χ0n) is 11.8. The fourth-order valence-electron chi connectivity index (χ4n) is 1.54. The smallest absolute Gasteiger partial charge is 0.402 e.